The Kier molecular flexibility index (Phi) is 4.18. The number of alkyl halides is 3. The highest BCUT2D eigenvalue weighted by atomic mass is 32.1. The fourth-order valence-corrected chi connectivity index (χ4v) is 2.39. The van der Waals surface area contributed by atoms with E-state index in [0.29, 0.717) is 12.0 Å². The van der Waals surface area contributed by atoms with Gasteiger partial charge in [-0.25, -0.2) is 0 Å². The number of benzene rings is 1. The fraction of sp³-hybridized carbons (Fsp3) is 0.250. The summed E-state index contributed by atoms with van der Waals surface area (Å²) in [5.74, 6) is 5.43. The molecule has 0 bridgehead atoms. The molecule has 0 amide bonds. The summed E-state index contributed by atoms with van der Waals surface area (Å²) in [7, 11) is 0. The highest BCUT2D eigenvalue weighted by molar-refractivity contribution is 7.09. The van der Waals surface area contributed by atoms with Crippen LogP contribution in [0.4, 0.5) is 13.2 Å². The molecule has 0 radical (unpaired) electrons. The van der Waals surface area contributed by atoms with E-state index < -0.39 is 11.7 Å². The number of halogens is 3. The van der Waals surface area contributed by atoms with Crippen LogP contribution in [-0.2, 0) is 12.6 Å². The summed E-state index contributed by atoms with van der Waals surface area (Å²) in [6, 6.07) is 4.80. The monoisotopic (exact) mass is 287 g/mol. The van der Waals surface area contributed by atoms with Crippen molar-refractivity contribution >= 4 is 11.3 Å². The molecular weight excluding hydrogens is 275 g/mol. The zero-order valence-corrected chi connectivity index (χ0v) is 10.6. The molecule has 0 fully saturated rings. The van der Waals surface area contributed by atoms with Crippen molar-refractivity contribution in [2.24, 2.45) is 5.84 Å². The van der Waals surface area contributed by atoms with Gasteiger partial charge < -0.3 is 0 Å². The van der Waals surface area contributed by atoms with Gasteiger partial charge >= 0.3 is 6.18 Å². The summed E-state index contributed by atoms with van der Waals surface area (Å²) in [5.41, 5.74) is 4.06. The van der Waals surface area contributed by atoms with Crippen LogP contribution in [0.25, 0.3) is 0 Å². The fourth-order valence-electron chi connectivity index (χ4n) is 1.75. The summed E-state index contributed by atoms with van der Waals surface area (Å²) >= 11 is 1.44. The molecule has 3 nitrogen and oxygen atoms in total. The standard InChI is InChI=1S/C12H12F3N3S/c13-12(14,15)9-3-1-2-8(4-9)11(18-16)5-10-6-17-7-19-10/h1-4,6-7,11,18H,5,16H2. The Morgan fingerprint density at radius 1 is 1.37 bits per heavy atom. The van der Waals surface area contributed by atoms with Gasteiger partial charge in [-0.15, -0.1) is 11.3 Å². The molecule has 3 N–H and O–H groups in total. The molecule has 0 aliphatic heterocycles. The maximum Gasteiger partial charge on any atom is 0.416 e. The van der Waals surface area contributed by atoms with Gasteiger partial charge in [0.15, 0.2) is 0 Å². The number of rotatable bonds is 4. The smallest absolute Gasteiger partial charge is 0.271 e. The average molecular weight is 287 g/mol. The molecule has 19 heavy (non-hydrogen) atoms. The zero-order valence-electron chi connectivity index (χ0n) is 9.82. The second-order valence-corrected chi connectivity index (χ2v) is 4.99. The Hall–Kier alpha value is -1.44. The molecule has 7 heteroatoms. The molecular formula is C12H12F3N3S. The van der Waals surface area contributed by atoms with Gasteiger partial charge in [0.25, 0.3) is 0 Å². The molecule has 2 aromatic rings. The lowest BCUT2D eigenvalue weighted by molar-refractivity contribution is -0.137. The first-order chi connectivity index (χ1) is 9.00. The van der Waals surface area contributed by atoms with Crippen LogP contribution in [0.3, 0.4) is 0 Å². The molecule has 0 saturated carbocycles. The topological polar surface area (TPSA) is 50.9 Å². The normalized spacial score (nSPS) is 13.5. The van der Waals surface area contributed by atoms with Crippen LogP contribution in [0.15, 0.2) is 36.0 Å². The van der Waals surface area contributed by atoms with Gasteiger partial charge in [-0.1, -0.05) is 12.1 Å². The first-order valence-electron chi connectivity index (χ1n) is 5.51. The molecule has 0 aliphatic carbocycles. The maximum atomic E-state index is 12.7. The molecule has 102 valence electrons. The third-order valence-corrected chi connectivity index (χ3v) is 3.51. The first kappa shape index (κ1) is 14.0. The Bertz CT molecular complexity index is 525. The lowest BCUT2D eigenvalue weighted by Gasteiger charge is -2.17. The quantitative estimate of drug-likeness (QED) is 0.671. The molecule has 1 unspecified atom stereocenters. The second kappa shape index (κ2) is 5.68. The van der Waals surface area contributed by atoms with E-state index in [0.717, 1.165) is 17.0 Å². The predicted molar refractivity (Wildman–Crippen MR) is 67.3 cm³/mol. The van der Waals surface area contributed by atoms with Crippen molar-refractivity contribution in [3.05, 3.63) is 52.0 Å². The Labute approximate surface area is 112 Å². The summed E-state index contributed by atoms with van der Waals surface area (Å²) < 4.78 is 38.0. The van der Waals surface area contributed by atoms with Crippen molar-refractivity contribution < 1.29 is 13.2 Å². The summed E-state index contributed by atoms with van der Waals surface area (Å²) in [6.07, 6.45) is -2.16. The number of nitrogens with one attached hydrogen (secondary N) is 1. The number of aromatic nitrogens is 1. The Morgan fingerprint density at radius 3 is 2.74 bits per heavy atom. The van der Waals surface area contributed by atoms with E-state index in [4.69, 9.17) is 5.84 Å². The van der Waals surface area contributed by atoms with Gasteiger partial charge in [0.05, 0.1) is 17.1 Å². The minimum Gasteiger partial charge on any atom is -0.271 e. The summed E-state index contributed by atoms with van der Waals surface area (Å²) in [5, 5.41) is 0. The van der Waals surface area contributed by atoms with Crippen LogP contribution in [-0.4, -0.2) is 4.98 Å². The van der Waals surface area contributed by atoms with E-state index in [1.807, 2.05) is 0 Å². The minimum atomic E-state index is -4.35. The third-order valence-electron chi connectivity index (χ3n) is 2.71. The van der Waals surface area contributed by atoms with E-state index in [1.165, 1.54) is 17.4 Å². The van der Waals surface area contributed by atoms with Gasteiger partial charge in [0.2, 0.25) is 0 Å². The largest absolute Gasteiger partial charge is 0.416 e. The van der Waals surface area contributed by atoms with Crippen molar-refractivity contribution in [1.82, 2.24) is 10.4 Å². The molecule has 0 spiro atoms. The number of nitrogens with zero attached hydrogens (tertiary/aromatic N) is 1. The SMILES string of the molecule is NNC(Cc1cncs1)c1cccc(C(F)(F)F)c1. The van der Waals surface area contributed by atoms with E-state index in [1.54, 1.807) is 17.8 Å². The van der Waals surface area contributed by atoms with Crippen molar-refractivity contribution in [3.8, 4) is 0 Å². The molecule has 0 saturated heterocycles. The van der Waals surface area contributed by atoms with Crippen molar-refractivity contribution in [2.75, 3.05) is 0 Å². The first-order valence-corrected chi connectivity index (χ1v) is 6.39. The van der Waals surface area contributed by atoms with Crippen LogP contribution in [0.1, 0.15) is 22.0 Å². The minimum absolute atomic E-state index is 0.372. The predicted octanol–water partition coefficient (Wildman–Crippen LogP) is 2.91. The average Bonchev–Trinajstić information content (AvgIpc) is 2.88. The molecule has 1 heterocycles. The van der Waals surface area contributed by atoms with E-state index in [-0.39, 0.29) is 6.04 Å². The zero-order chi connectivity index (χ0) is 13.9. The van der Waals surface area contributed by atoms with Crippen molar-refractivity contribution in [1.29, 1.82) is 0 Å². The number of hydrazine groups is 1. The van der Waals surface area contributed by atoms with E-state index >= 15 is 0 Å². The summed E-state index contributed by atoms with van der Waals surface area (Å²) in [4.78, 5) is 4.89. The molecule has 1 aromatic heterocycles. The van der Waals surface area contributed by atoms with E-state index in [9.17, 15) is 13.2 Å². The van der Waals surface area contributed by atoms with Gasteiger partial charge in [0.1, 0.15) is 0 Å². The number of thiazole rings is 1. The van der Waals surface area contributed by atoms with E-state index in [2.05, 4.69) is 10.4 Å². The van der Waals surface area contributed by atoms with Gasteiger partial charge in [-0.2, -0.15) is 13.2 Å². The Balaban J connectivity index is 2.23. The molecule has 0 aliphatic rings. The third kappa shape index (κ3) is 3.52. The Morgan fingerprint density at radius 2 is 2.16 bits per heavy atom. The highest BCUT2D eigenvalue weighted by Crippen LogP contribution is 2.31. The van der Waals surface area contributed by atoms with Crippen LogP contribution < -0.4 is 11.3 Å². The molecule has 1 atom stereocenters. The molecule has 1 aromatic carbocycles. The van der Waals surface area contributed by atoms with Crippen molar-refractivity contribution in [3.63, 3.8) is 0 Å². The lowest BCUT2D eigenvalue weighted by Crippen LogP contribution is -2.29. The van der Waals surface area contributed by atoms with Crippen LogP contribution in [0.5, 0.6) is 0 Å². The van der Waals surface area contributed by atoms with Gasteiger partial charge in [0, 0.05) is 17.5 Å². The van der Waals surface area contributed by atoms with Crippen LogP contribution in [0.2, 0.25) is 0 Å². The number of hydrogen-bond donors (Lipinski definition) is 2. The number of nitrogens with two attached hydrogens (primary N) is 1. The summed E-state index contributed by atoms with van der Waals surface area (Å²) in [6.45, 7) is 0. The molecule has 2 rings (SSSR count). The van der Waals surface area contributed by atoms with Crippen LogP contribution in [0, 0.1) is 0 Å². The van der Waals surface area contributed by atoms with Crippen molar-refractivity contribution in [2.45, 2.75) is 18.6 Å². The van der Waals surface area contributed by atoms with Gasteiger partial charge in [-0.3, -0.25) is 16.3 Å². The van der Waals surface area contributed by atoms with Crippen LogP contribution >= 0.6 is 11.3 Å². The highest BCUT2D eigenvalue weighted by Gasteiger charge is 2.30. The maximum absolute atomic E-state index is 12.7. The number of hydrogen-bond acceptors (Lipinski definition) is 4. The lowest BCUT2D eigenvalue weighted by atomic mass is 10.0. The van der Waals surface area contributed by atoms with Gasteiger partial charge in [-0.05, 0) is 17.7 Å². The second-order valence-electron chi connectivity index (χ2n) is 4.01.